The molecule has 1 fully saturated rings. The van der Waals surface area contributed by atoms with Gasteiger partial charge in [0.05, 0.1) is 12.6 Å². The van der Waals surface area contributed by atoms with E-state index in [-0.39, 0.29) is 6.04 Å². The third-order valence-corrected chi connectivity index (χ3v) is 4.66. The molecular weight excluding hydrogens is 256 g/mol. The van der Waals surface area contributed by atoms with Crippen molar-refractivity contribution >= 4 is 16.9 Å². The first kappa shape index (κ1) is 12.9. The van der Waals surface area contributed by atoms with Crippen LogP contribution >= 0.6 is 11.8 Å². The zero-order valence-corrected chi connectivity index (χ0v) is 12.1. The third kappa shape index (κ3) is 2.89. The molecule has 0 bridgehead atoms. The Hall–Kier alpha value is -1.16. The fourth-order valence-electron chi connectivity index (χ4n) is 2.57. The molecule has 2 unspecified atom stereocenters. The summed E-state index contributed by atoms with van der Waals surface area (Å²) in [4.78, 5) is 4.92. The van der Waals surface area contributed by atoms with E-state index in [0.717, 1.165) is 23.9 Å². The van der Waals surface area contributed by atoms with Gasteiger partial charge in [0.15, 0.2) is 5.17 Å². The smallest absolute Gasteiger partial charge is 0.157 e. The Bertz CT molecular complexity index is 475. The Morgan fingerprint density at radius 2 is 2.26 bits per heavy atom. The number of nitrogens with one attached hydrogen (secondary N) is 1. The lowest BCUT2D eigenvalue weighted by Crippen LogP contribution is -2.37. The zero-order chi connectivity index (χ0) is 13.1. The number of thioether (sulfide) groups is 1. The van der Waals surface area contributed by atoms with Crippen molar-refractivity contribution in [3.63, 3.8) is 0 Å². The average molecular weight is 276 g/mol. The molecule has 1 saturated heterocycles. The number of rotatable bonds is 2. The van der Waals surface area contributed by atoms with Gasteiger partial charge in [0.1, 0.15) is 5.75 Å². The highest BCUT2D eigenvalue weighted by Crippen LogP contribution is 2.35. The summed E-state index contributed by atoms with van der Waals surface area (Å²) in [7, 11) is 0. The molecule has 3 nitrogen and oxygen atoms in total. The highest BCUT2D eigenvalue weighted by Gasteiger charge is 2.23. The van der Waals surface area contributed by atoms with Crippen molar-refractivity contribution in [2.75, 3.05) is 12.4 Å². The Balaban J connectivity index is 1.80. The second-order valence-corrected chi connectivity index (χ2v) is 6.10. The fourth-order valence-corrected chi connectivity index (χ4v) is 3.61. The number of benzene rings is 1. The number of amidine groups is 1. The van der Waals surface area contributed by atoms with Crippen LogP contribution in [-0.4, -0.2) is 23.6 Å². The lowest BCUT2D eigenvalue weighted by Gasteiger charge is -2.27. The molecule has 0 aromatic heterocycles. The standard InChI is InChI=1S/C15H20N2OS/c1-2-11-8-10-19-15(16-11)17-13-7-9-18-14-6-4-3-5-12(13)14/h3-6,11,13H,2,7-10H2,1H3,(H,16,17). The Morgan fingerprint density at radius 3 is 3.16 bits per heavy atom. The number of fused-ring (bicyclic) bond motifs is 1. The van der Waals surface area contributed by atoms with Crippen LogP contribution in [0.1, 0.15) is 37.8 Å². The molecule has 2 heterocycles. The molecule has 0 saturated carbocycles. The van der Waals surface area contributed by atoms with E-state index < -0.39 is 0 Å². The monoisotopic (exact) mass is 276 g/mol. The molecule has 2 aliphatic heterocycles. The Morgan fingerprint density at radius 1 is 1.37 bits per heavy atom. The molecule has 0 spiro atoms. The maximum atomic E-state index is 5.69. The highest BCUT2D eigenvalue weighted by molar-refractivity contribution is 8.13. The molecule has 3 rings (SSSR count). The third-order valence-electron chi connectivity index (χ3n) is 3.73. The summed E-state index contributed by atoms with van der Waals surface area (Å²) < 4.78 is 5.69. The summed E-state index contributed by atoms with van der Waals surface area (Å²) in [6.45, 7) is 3.00. The van der Waals surface area contributed by atoms with Crippen molar-refractivity contribution in [3.05, 3.63) is 29.8 Å². The number of nitrogens with zero attached hydrogens (tertiary/aromatic N) is 1. The van der Waals surface area contributed by atoms with E-state index >= 15 is 0 Å². The number of ether oxygens (including phenoxy) is 1. The number of hydrogen-bond donors (Lipinski definition) is 1. The summed E-state index contributed by atoms with van der Waals surface area (Å²) in [5.74, 6) is 2.17. The summed E-state index contributed by atoms with van der Waals surface area (Å²) in [6.07, 6.45) is 3.38. The van der Waals surface area contributed by atoms with Gasteiger partial charge < -0.3 is 10.1 Å². The first-order chi connectivity index (χ1) is 9.36. The van der Waals surface area contributed by atoms with Crippen LogP contribution in [0.2, 0.25) is 0 Å². The molecule has 102 valence electrons. The van der Waals surface area contributed by atoms with Crippen molar-refractivity contribution in [1.82, 2.24) is 5.32 Å². The molecule has 0 radical (unpaired) electrons. The van der Waals surface area contributed by atoms with Crippen molar-refractivity contribution in [1.29, 1.82) is 0 Å². The van der Waals surface area contributed by atoms with Gasteiger partial charge in [-0.3, -0.25) is 4.99 Å². The predicted molar refractivity (Wildman–Crippen MR) is 81.0 cm³/mol. The predicted octanol–water partition coefficient (Wildman–Crippen LogP) is 3.37. The first-order valence-electron chi connectivity index (χ1n) is 7.05. The van der Waals surface area contributed by atoms with Crippen LogP contribution in [0.25, 0.3) is 0 Å². The summed E-state index contributed by atoms with van der Waals surface area (Å²) >= 11 is 1.85. The van der Waals surface area contributed by atoms with Gasteiger partial charge in [0.2, 0.25) is 0 Å². The molecular formula is C15H20N2OS. The molecule has 2 aliphatic rings. The van der Waals surface area contributed by atoms with E-state index in [1.807, 2.05) is 23.9 Å². The Labute approximate surface area is 118 Å². The van der Waals surface area contributed by atoms with Gasteiger partial charge in [0.25, 0.3) is 0 Å². The van der Waals surface area contributed by atoms with Crippen LogP contribution in [0.15, 0.2) is 29.3 Å². The summed E-state index contributed by atoms with van der Waals surface area (Å²) in [5.41, 5.74) is 1.22. The second-order valence-electron chi connectivity index (χ2n) is 5.01. The topological polar surface area (TPSA) is 33.6 Å². The van der Waals surface area contributed by atoms with Gasteiger partial charge >= 0.3 is 0 Å². The van der Waals surface area contributed by atoms with Crippen molar-refractivity contribution in [2.24, 2.45) is 4.99 Å². The van der Waals surface area contributed by atoms with Crippen molar-refractivity contribution in [2.45, 2.75) is 38.3 Å². The average Bonchev–Trinajstić information content (AvgIpc) is 2.48. The van der Waals surface area contributed by atoms with Crippen molar-refractivity contribution < 1.29 is 4.74 Å². The maximum Gasteiger partial charge on any atom is 0.157 e. The van der Waals surface area contributed by atoms with Crippen LogP contribution in [0.3, 0.4) is 0 Å². The minimum Gasteiger partial charge on any atom is -0.493 e. The van der Waals surface area contributed by atoms with Crippen LogP contribution in [0, 0.1) is 0 Å². The molecule has 0 aliphatic carbocycles. The van der Waals surface area contributed by atoms with Gasteiger partial charge in [-0.15, -0.1) is 0 Å². The summed E-state index contributed by atoms with van der Waals surface area (Å²) in [5, 5.41) is 4.66. The number of para-hydroxylation sites is 1. The number of hydrogen-bond acceptors (Lipinski definition) is 3. The summed E-state index contributed by atoms with van der Waals surface area (Å²) in [6, 6.07) is 9.10. The normalized spacial score (nSPS) is 28.4. The number of aliphatic imine (C=N–C) groups is 1. The molecule has 1 aromatic carbocycles. The molecule has 2 atom stereocenters. The SMILES string of the molecule is CCC1CCSC(=NC2CCOc3ccccc32)N1. The Kier molecular flexibility index (Phi) is 3.97. The molecule has 0 amide bonds. The van der Waals surface area contributed by atoms with E-state index in [1.54, 1.807) is 0 Å². The zero-order valence-electron chi connectivity index (χ0n) is 11.3. The largest absolute Gasteiger partial charge is 0.493 e. The molecule has 4 heteroatoms. The van der Waals surface area contributed by atoms with Gasteiger partial charge in [-0.05, 0) is 18.9 Å². The highest BCUT2D eigenvalue weighted by atomic mass is 32.2. The van der Waals surface area contributed by atoms with Crippen LogP contribution in [0.4, 0.5) is 0 Å². The minimum atomic E-state index is 0.246. The minimum absolute atomic E-state index is 0.246. The fraction of sp³-hybridized carbons (Fsp3) is 0.533. The quantitative estimate of drug-likeness (QED) is 0.899. The second kappa shape index (κ2) is 5.87. The molecule has 1 N–H and O–H groups in total. The molecule has 19 heavy (non-hydrogen) atoms. The van der Waals surface area contributed by atoms with E-state index in [1.165, 1.54) is 24.2 Å². The van der Waals surface area contributed by atoms with Gasteiger partial charge in [-0.1, -0.05) is 36.9 Å². The maximum absolute atomic E-state index is 5.69. The van der Waals surface area contributed by atoms with Crippen LogP contribution < -0.4 is 10.1 Å². The van der Waals surface area contributed by atoms with Gasteiger partial charge in [0, 0.05) is 23.8 Å². The van der Waals surface area contributed by atoms with Gasteiger partial charge in [-0.25, -0.2) is 0 Å². The lowest BCUT2D eigenvalue weighted by atomic mass is 10.0. The van der Waals surface area contributed by atoms with Crippen molar-refractivity contribution in [3.8, 4) is 5.75 Å². The van der Waals surface area contributed by atoms with E-state index in [2.05, 4.69) is 24.4 Å². The first-order valence-corrected chi connectivity index (χ1v) is 8.04. The van der Waals surface area contributed by atoms with E-state index in [4.69, 9.17) is 9.73 Å². The van der Waals surface area contributed by atoms with Crippen LogP contribution in [-0.2, 0) is 0 Å². The van der Waals surface area contributed by atoms with Gasteiger partial charge in [-0.2, -0.15) is 0 Å². The van der Waals surface area contributed by atoms with E-state index in [0.29, 0.717) is 6.04 Å². The van der Waals surface area contributed by atoms with Crippen LogP contribution in [0.5, 0.6) is 5.75 Å². The molecule has 1 aromatic rings. The van der Waals surface area contributed by atoms with E-state index in [9.17, 15) is 0 Å². The lowest BCUT2D eigenvalue weighted by molar-refractivity contribution is 0.269.